The Bertz CT molecular complexity index is 715. The van der Waals surface area contributed by atoms with E-state index in [1.54, 1.807) is 13.3 Å². The van der Waals surface area contributed by atoms with Gasteiger partial charge in [-0.15, -0.1) is 0 Å². The highest BCUT2D eigenvalue weighted by molar-refractivity contribution is 5.93. The summed E-state index contributed by atoms with van der Waals surface area (Å²) in [6, 6.07) is 13.0. The molecule has 0 aliphatic carbocycles. The van der Waals surface area contributed by atoms with E-state index in [-0.39, 0.29) is 11.8 Å². The number of anilines is 1. The summed E-state index contributed by atoms with van der Waals surface area (Å²) in [4.78, 5) is 18.7. The highest BCUT2D eigenvalue weighted by atomic mass is 16.5. The number of nitrogens with zero attached hydrogens (tertiary/aromatic N) is 2. The van der Waals surface area contributed by atoms with Crippen molar-refractivity contribution < 1.29 is 14.6 Å². The minimum atomic E-state index is -0.541. The number of para-hydroxylation sites is 2. The van der Waals surface area contributed by atoms with Crippen LogP contribution in [0, 0.1) is 5.92 Å². The van der Waals surface area contributed by atoms with Gasteiger partial charge in [-0.25, -0.2) is 0 Å². The molecular formula is C20H25N3O3. The van der Waals surface area contributed by atoms with Crippen molar-refractivity contribution in [1.82, 2.24) is 9.88 Å². The second-order valence-electron chi connectivity index (χ2n) is 6.56. The standard InChI is InChI=1S/C20H25N3O3/c1-26-18-8-3-2-6-16(18)22-19(24)14-23-12-9-15(10-13-23)20(25)17-7-4-5-11-21-17/h2-8,11,15,20,25H,9-10,12-14H2,1H3,(H,22,24)/t20-/m0/s1. The van der Waals surface area contributed by atoms with Gasteiger partial charge in [0.15, 0.2) is 0 Å². The third-order valence-electron chi connectivity index (χ3n) is 4.82. The predicted octanol–water partition coefficient (Wildman–Crippen LogP) is 2.47. The largest absolute Gasteiger partial charge is 0.495 e. The molecule has 1 atom stereocenters. The number of pyridine rings is 1. The maximum atomic E-state index is 12.3. The fourth-order valence-corrected chi connectivity index (χ4v) is 3.36. The van der Waals surface area contributed by atoms with Crippen LogP contribution >= 0.6 is 0 Å². The number of methoxy groups -OCH3 is 1. The zero-order chi connectivity index (χ0) is 18.4. The number of piperidine rings is 1. The van der Waals surface area contributed by atoms with Crippen LogP contribution < -0.4 is 10.1 Å². The van der Waals surface area contributed by atoms with Gasteiger partial charge < -0.3 is 15.2 Å². The number of carbonyl (C=O) groups is 1. The second kappa shape index (κ2) is 8.78. The Labute approximate surface area is 153 Å². The summed E-state index contributed by atoms with van der Waals surface area (Å²) in [7, 11) is 1.59. The number of amides is 1. The van der Waals surface area contributed by atoms with Crippen LogP contribution in [0.2, 0.25) is 0 Å². The lowest BCUT2D eigenvalue weighted by Crippen LogP contribution is -2.40. The van der Waals surface area contributed by atoms with Gasteiger partial charge in [0.2, 0.25) is 5.91 Å². The Morgan fingerprint density at radius 1 is 1.27 bits per heavy atom. The van der Waals surface area contributed by atoms with E-state index in [4.69, 9.17) is 4.74 Å². The summed E-state index contributed by atoms with van der Waals surface area (Å²) in [6.07, 6.45) is 2.86. The first-order valence-electron chi connectivity index (χ1n) is 8.91. The average Bonchev–Trinajstić information content (AvgIpc) is 2.69. The minimum Gasteiger partial charge on any atom is -0.495 e. The molecule has 1 fully saturated rings. The Balaban J connectivity index is 1.48. The molecule has 0 unspecified atom stereocenters. The molecule has 26 heavy (non-hydrogen) atoms. The molecule has 0 spiro atoms. The van der Waals surface area contributed by atoms with E-state index in [0.717, 1.165) is 31.6 Å². The molecule has 1 aliphatic heterocycles. The van der Waals surface area contributed by atoms with Crippen molar-refractivity contribution in [3.05, 3.63) is 54.4 Å². The van der Waals surface area contributed by atoms with E-state index in [2.05, 4.69) is 15.2 Å². The highest BCUT2D eigenvalue weighted by Crippen LogP contribution is 2.29. The monoisotopic (exact) mass is 355 g/mol. The van der Waals surface area contributed by atoms with E-state index in [1.165, 1.54) is 0 Å². The number of hydrogen-bond acceptors (Lipinski definition) is 5. The van der Waals surface area contributed by atoms with E-state index >= 15 is 0 Å². The number of hydrogen-bond donors (Lipinski definition) is 2. The molecule has 0 bridgehead atoms. The third kappa shape index (κ3) is 4.59. The smallest absolute Gasteiger partial charge is 0.238 e. The zero-order valence-corrected chi connectivity index (χ0v) is 15.0. The van der Waals surface area contributed by atoms with Crippen molar-refractivity contribution >= 4 is 11.6 Å². The van der Waals surface area contributed by atoms with Crippen LogP contribution in [0.3, 0.4) is 0 Å². The van der Waals surface area contributed by atoms with Crippen LogP contribution in [-0.4, -0.2) is 47.6 Å². The molecule has 1 aromatic heterocycles. The lowest BCUT2D eigenvalue weighted by Gasteiger charge is -2.33. The Hall–Kier alpha value is -2.44. The average molecular weight is 355 g/mol. The molecular weight excluding hydrogens is 330 g/mol. The topological polar surface area (TPSA) is 74.7 Å². The van der Waals surface area contributed by atoms with E-state index in [0.29, 0.717) is 18.0 Å². The Morgan fingerprint density at radius 2 is 2.00 bits per heavy atom. The van der Waals surface area contributed by atoms with Crippen LogP contribution in [-0.2, 0) is 4.79 Å². The first-order chi connectivity index (χ1) is 12.7. The van der Waals surface area contributed by atoms with Crippen LogP contribution in [0.15, 0.2) is 48.7 Å². The molecule has 2 aromatic rings. The number of aromatic nitrogens is 1. The van der Waals surface area contributed by atoms with Gasteiger partial charge in [-0.1, -0.05) is 18.2 Å². The molecule has 3 rings (SSSR count). The first-order valence-corrected chi connectivity index (χ1v) is 8.91. The van der Waals surface area contributed by atoms with Crippen molar-refractivity contribution in [2.24, 2.45) is 5.92 Å². The lowest BCUT2D eigenvalue weighted by molar-refractivity contribution is -0.117. The van der Waals surface area contributed by atoms with Gasteiger partial charge in [0.1, 0.15) is 5.75 Å². The number of likely N-dealkylation sites (tertiary alicyclic amines) is 1. The highest BCUT2D eigenvalue weighted by Gasteiger charge is 2.27. The molecule has 1 saturated heterocycles. The molecule has 1 amide bonds. The molecule has 0 saturated carbocycles. The molecule has 138 valence electrons. The minimum absolute atomic E-state index is 0.0572. The fourth-order valence-electron chi connectivity index (χ4n) is 3.36. The second-order valence-corrected chi connectivity index (χ2v) is 6.56. The van der Waals surface area contributed by atoms with Crippen molar-refractivity contribution in [3.8, 4) is 5.75 Å². The number of nitrogens with one attached hydrogen (secondary N) is 1. The Morgan fingerprint density at radius 3 is 2.69 bits per heavy atom. The fraction of sp³-hybridized carbons (Fsp3) is 0.400. The number of rotatable bonds is 6. The number of carbonyl (C=O) groups excluding carboxylic acids is 1. The molecule has 6 nitrogen and oxygen atoms in total. The Kier molecular flexibility index (Phi) is 6.20. The molecule has 2 heterocycles. The summed E-state index contributed by atoms with van der Waals surface area (Å²) >= 11 is 0. The molecule has 2 N–H and O–H groups in total. The SMILES string of the molecule is COc1ccccc1NC(=O)CN1CCC([C@H](O)c2ccccn2)CC1. The van der Waals surface area contributed by atoms with Crippen LogP contribution in [0.25, 0.3) is 0 Å². The number of aliphatic hydroxyl groups excluding tert-OH is 1. The van der Waals surface area contributed by atoms with Gasteiger partial charge in [0, 0.05) is 6.20 Å². The van der Waals surface area contributed by atoms with Crippen LogP contribution in [0.5, 0.6) is 5.75 Å². The van der Waals surface area contributed by atoms with Crippen molar-refractivity contribution in [2.45, 2.75) is 18.9 Å². The predicted molar refractivity (Wildman–Crippen MR) is 100.0 cm³/mol. The summed E-state index contributed by atoms with van der Waals surface area (Å²) in [6.45, 7) is 1.91. The normalized spacial score (nSPS) is 16.8. The summed E-state index contributed by atoms with van der Waals surface area (Å²) < 4.78 is 5.26. The van der Waals surface area contributed by atoms with Crippen LogP contribution in [0.4, 0.5) is 5.69 Å². The van der Waals surface area contributed by atoms with E-state index < -0.39 is 6.10 Å². The quantitative estimate of drug-likeness (QED) is 0.833. The van der Waals surface area contributed by atoms with Gasteiger partial charge in [-0.3, -0.25) is 14.7 Å². The lowest BCUT2D eigenvalue weighted by atomic mass is 9.89. The molecule has 6 heteroatoms. The third-order valence-corrected chi connectivity index (χ3v) is 4.82. The van der Waals surface area contributed by atoms with Crippen molar-refractivity contribution in [3.63, 3.8) is 0 Å². The number of aliphatic hydroxyl groups is 1. The van der Waals surface area contributed by atoms with Gasteiger partial charge in [-0.05, 0) is 56.1 Å². The van der Waals surface area contributed by atoms with Crippen molar-refractivity contribution in [1.29, 1.82) is 0 Å². The van der Waals surface area contributed by atoms with Gasteiger partial charge in [0.05, 0.1) is 31.1 Å². The zero-order valence-electron chi connectivity index (χ0n) is 15.0. The summed E-state index contributed by atoms with van der Waals surface area (Å²) in [5.41, 5.74) is 1.40. The van der Waals surface area contributed by atoms with Crippen molar-refractivity contribution in [2.75, 3.05) is 32.1 Å². The van der Waals surface area contributed by atoms with E-state index in [1.807, 2.05) is 42.5 Å². The number of ether oxygens (including phenoxy) is 1. The van der Waals surface area contributed by atoms with Gasteiger partial charge >= 0.3 is 0 Å². The summed E-state index contributed by atoms with van der Waals surface area (Å²) in [5.74, 6) is 0.773. The molecule has 1 aliphatic rings. The van der Waals surface area contributed by atoms with Crippen LogP contribution in [0.1, 0.15) is 24.6 Å². The maximum Gasteiger partial charge on any atom is 0.238 e. The maximum absolute atomic E-state index is 12.3. The molecule has 1 aromatic carbocycles. The number of benzene rings is 1. The van der Waals surface area contributed by atoms with E-state index in [9.17, 15) is 9.90 Å². The van der Waals surface area contributed by atoms with Gasteiger partial charge in [-0.2, -0.15) is 0 Å². The van der Waals surface area contributed by atoms with Gasteiger partial charge in [0.25, 0.3) is 0 Å². The first kappa shape index (κ1) is 18.4. The summed E-state index contributed by atoms with van der Waals surface area (Å²) in [5, 5.41) is 13.4. The molecule has 0 radical (unpaired) electrons.